The van der Waals surface area contributed by atoms with E-state index >= 15 is 0 Å². The Morgan fingerprint density at radius 1 is 1.32 bits per heavy atom. The van der Waals surface area contributed by atoms with Crippen LogP contribution in [0.3, 0.4) is 0 Å². The Labute approximate surface area is 123 Å². The molecule has 3 heterocycles. The van der Waals surface area contributed by atoms with Crippen LogP contribution in [0.25, 0.3) is 0 Å². The molecule has 2 saturated heterocycles. The first kappa shape index (κ1) is 13.8. The van der Waals surface area contributed by atoms with E-state index in [1.807, 2.05) is 6.07 Å². The van der Waals surface area contributed by atoms with Gasteiger partial charge in [-0.15, -0.1) is 11.3 Å². The molecule has 3 nitrogen and oxygen atoms in total. The first-order valence-corrected chi connectivity index (χ1v) is 8.11. The minimum atomic E-state index is 0.0137. The van der Waals surface area contributed by atoms with Crippen molar-refractivity contribution in [2.75, 3.05) is 19.8 Å². The van der Waals surface area contributed by atoms with Crippen LogP contribution in [-0.2, 0) is 9.47 Å². The Morgan fingerprint density at radius 3 is 2.79 bits per heavy atom. The average molecular weight is 302 g/mol. The SMILES string of the molecule is NC(c1ccc(Cl)s1)C1CCOC2(CCOCC2)C1. The van der Waals surface area contributed by atoms with E-state index in [2.05, 4.69) is 6.07 Å². The van der Waals surface area contributed by atoms with E-state index in [1.165, 1.54) is 4.88 Å². The molecule has 19 heavy (non-hydrogen) atoms. The third-order valence-corrected chi connectivity index (χ3v) is 5.70. The molecule has 2 N–H and O–H groups in total. The van der Waals surface area contributed by atoms with Gasteiger partial charge in [-0.25, -0.2) is 0 Å². The van der Waals surface area contributed by atoms with Crippen molar-refractivity contribution < 1.29 is 9.47 Å². The summed E-state index contributed by atoms with van der Waals surface area (Å²) in [7, 11) is 0. The molecule has 2 atom stereocenters. The second-order valence-corrected chi connectivity index (χ2v) is 7.31. The Balaban J connectivity index is 1.70. The molecule has 0 radical (unpaired) electrons. The second-order valence-electron chi connectivity index (χ2n) is 5.56. The Hall–Kier alpha value is -0.130. The molecular formula is C14H20ClNO2S. The van der Waals surface area contributed by atoms with Crippen molar-refractivity contribution in [1.29, 1.82) is 0 Å². The lowest BCUT2D eigenvalue weighted by atomic mass is 9.77. The summed E-state index contributed by atoms with van der Waals surface area (Å²) in [6.45, 7) is 2.44. The minimum absolute atomic E-state index is 0.0137. The maximum atomic E-state index is 6.44. The van der Waals surface area contributed by atoms with E-state index in [0.29, 0.717) is 5.92 Å². The quantitative estimate of drug-likeness (QED) is 0.911. The van der Waals surface area contributed by atoms with Gasteiger partial charge < -0.3 is 15.2 Å². The van der Waals surface area contributed by atoms with Crippen LogP contribution in [0, 0.1) is 5.92 Å². The highest BCUT2D eigenvalue weighted by molar-refractivity contribution is 7.16. The molecule has 1 spiro atoms. The lowest BCUT2D eigenvalue weighted by molar-refractivity contribution is -0.149. The number of ether oxygens (including phenoxy) is 2. The highest BCUT2D eigenvalue weighted by Crippen LogP contribution is 2.42. The Morgan fingerprint density at radius 2 is 2.11 bits per heavy atom. The highest BCUT2D eigenvalue weighted by Gasteiger charge is 2.41. The fourth-order valence-corrected chi connectivity index (χ4v) is 4.36. The summed E-state index contributed by atoms with van der Waals surface area (Å²) < 4.78 is 12.3. The van der Waals surface area contributed by atoms with Crippen LogP contribution in [0.2, 0.25) is 4.34 Å². The van der Waals surface area contributed by atoms with Crippen molar-refractivity contribution in [3.05, 3.63) is 21.3 Å². The van der Waals surface area contributed by atoms with Gasteiger partial charge >= 0.3 is 0 Å². The molecule has 2 aliphatic heterocycles. The van der Waals surface area contributed by atoms with E-state index in [1.54, 1.807) is 11.3 Å². The molecule has 0 saturated carbocycles. The molecule has 0 bridgehead atoms. The van der Waals surface area contributed by atoms with E-state index in [-0.39, 0.29) is 11.6 Å². The van der Waals surface area contributed by atoms with Crippen molar-refractivity contribution in [3.63, 3.8) is 0 Å². The maximum Gasteiger partial charge on any atom is 0.0931 e. The van der Waals surface area contributed by atoms with Gasteiger partial charge in [-0.3, -0.25) is 0 Å². The lowest BCUT2D eigenvalue weighted by Crippen LogP contribution is -2.46. The van der Waals surface area contributed by atoms with Crippen LogP contribution >= 0.6 is 22.9 Å². The summed E-state index contributed by atoms with van der Waals surface area (Å²) in [4.78, 5) is 1.19. The fourth-order valence-electron chi connectivity index (χ4n) is 3.20. The largest absolute Gasteiger partial charge is 0.381 e. The third-order valence-electron chi connectivity index (χ3n) is 4.37. The van der Waals surface area contributed by atoms with Gasteiger partial charge in [0, 0.05) is 30.7 Å². The predicted molar refractivity (Wildman–Crippen MR) is 77.7 cm³/mol. The molecule has 2 fully saturated rings. The summed E-state index contributed by atoms with van der Waals surface area (Å²) in [5.74, 6) is 0.488. The molecule has 5 heteroatoms. The summed E-state index contributed by atoms with van der Waals surface area (Å²) >= 11 is 7.61. The first-order chi connectivity index (χ1) is 9.19. The molecule has 3 rings (SSSR count). The minimum Gasteiger partial charge on any atom is -0.381 e. The number of nitrogens with two attached hydrogens (primary N) is 1. The van der Waals surface area contributed by atoms with E-state index < -0.39 is 0 Å². The van der Waals surface area contributed by atoms with E-state index in [0.717, 1.165) is 49.8 Å². The number of hydrogen-bond acceptors (Lipinski definition) is 4. The molecule has 106 valence electrons. The fraction of sp³-hybridized carbons (Fsp3) is 0.714. The number of rotatable bonds is 2. The van der Waals surface area contributed by atoms with Gasteiger partial charge in [0.2, 0.25) is 0 Å². The monoisotopic (exact) mass is 301 g/mol. The van der Waals surface area contributed by atoms with Gasteiger partial charge in [0.1, 0.15) is 0 Å². The van der Waals surface area contributed by atoms with Crippen molar-refractivity contribution in [2.24, 2.45) is 11.7 Å². The smallest absolute Gasteiger partial charge is 0.0931 e. The van der Waals surface area contributed by atoms with Crippen LogP contribution in [0.1, 0.15) is 36.6 Å². The van der Waals surface area contributed by atoms with Crippen molar-refractivity contribution >= 4 is 22.9 Å². The van der Waals surface area contributed by atoms with E-state index in [9.17, 15) is 0 Å². The van der Waals surface area contributed by atoms with Gasteiger partial charge in [-0.1, -0.05) is 11.6 Å². The first-order valence-electron chi connectivity index (χ1n) is 6.91. The van der Waals surface area contributed by atoms with Crippen LogP contribution in [-0.4, -0.2) is 25.4 Å². The topological polar surface area (TPSA) is 44.5 Å². The summed E-state index contributed by atoms with van der Waals surface area (Å²) in [6, 6.07) is 4.08. The standard InChI is InChI=1S/C14H20ClNO2S/c15-12-2-1-11(19-12)13(16)10-3-6-18-14(9-10)4-7-17-8-5-14/h1-2,10,13H,3-9,16H2. The summed E-state index contributed by atoms with van der Waals surface area (Å²) in [5, 5.41) is 0. The molecule has 1 aromatic rings. The number of thiophene rings is 1. The van der Waals surface area contributed by atoms with Gasteiger partial charge in [-0.2, -0.15) is 0 Å². The molecular weight excluding hydrogens is 282 g/mol. The number of hydrogen-bond donors (Lipinski definition) is 1. The second kappa shape index (κ2) is 5.70. The zero-order chi connectivity index (χ0) is 13.3. The molecule has 1 aromatic heterocycles. The van der Waals surface area contributed by atoms with Gasteiger partial charge in [-0.05, 0) is 43.7 Å². The third kappa shape index (κ3) is 2.98. The van der Waals surface area contributed by atoms with Gasteiger partial charge in [0.15, 0.2) is 0 Å². The molecule has 0 aliphatic carbocycles. The number of halogens is 1. The van der Waals surface area contributed by atoms with Crippen LogP contribution in [0.5, 0.6) is 0 Å². The van der Waals surface area contributed by atoms with Crippen LogP contribution < -0.4 is 5.73 Å². The zero-order valence-electron chi connectivity index (χ0n) is 10.9. The lowest BCUT2D eigenvalue weighted by Gasteiger charge is -2.44. The van der Waals surface area contributed by atoms with Crippen molar-refractivity contribution in [1.82, 2.24) is 0 Å². The Kier molecular flexibility index (Phi) is 4.15. The van der Waals surface area contributed by atoms with Gasteiger partial charge in [0.05, 0.1) is 9.94 Å². The van der Waals surface area contributed by atoms with E-state index in [4.69, 9.17) is 26.8 Å². The van der Waals surface area contributed by atoms with Gasteiger partial charge in [0.25, 0.3) is 0 Å². The zero-order valence-corrected chi connectivity index (χ0v) is 12.5. The van der Waals surface area contributed by atoms with Crippen LogP contribution in [0.4, 0.5) is 0 Å². The van der Waals surface area contributed by atoms with Crippen LogP contribution in [0.15, 0.2) is 12.1 Å². The normalized spacial score (nSPS) is 28.4. The molecule has 0 aromatic carbocycles. The summed E-state index contributed by atoms with van der Waals surface area (Å²) in [6.07, 6.45) is 4.09. The van der Waals surface area contributed by atoms with Crippen molar-refractivity contribution in [2.45, 2.75) is 37.3 Å². The predicted octanol–water partition coefficient (Wildman–Crippen LogP) is 3.38. The molecule has 0 amide bonds. The summed E-state index contributed by atoms with van der Waals surface area (Å²) in [5.41, 5.74) is 6.45. The molecule has 2 aliphatic rings. The molecule has 2 unspecified atom stereocenters. The average Bonchev–Trinajstić information content (AvgIpc) is 2.85. The maximum absolute atomic E-state index is 6.44. The highest BCUT2D eigenvalue weighted by atomic mass is 35.5. The Bertz CT molecular complexity index is 425. The van der Waals surface area contributed by atoms with Crippen molar-refractivity contribution in [3.8, 4) is 0 Å².